The predicted octanol–water partition coefficient (Wildman–Crippen LogP) is 4.61. The Morgan fingerprint density at radius 1 is 1.07 bits per heavy atom. The highest BCUT2D eigenvalue weighted by Crippen LogP contribution is 2.41. The smallest absolute Gasteiger partial charge is 0.216 e. The topological polar surface area (TPSA) is 34.1 Å². The van der Waals surface area contributed by atoms with Crippen LogP contribution in [0, 0.1) is 0 Å². The first-order valence-corrected chi connectivity index (χ1v) is 10.2. The van der Waals surface area contributed by atoms with Gasteiger partial charge in [0.1, 0.15) is 19.0 Å². The van der Waals surface area contributed by atoms with Crippen molar-refractivity contribution in [1.82, 2.24) is 4.90 Å². The quantitative estimate of drug-likeness (QED) is 0.762. The van der Waals surface area contributed by atoms with E-state index in [0.29, 0.717) is 19.1 Å². The van der Waals surface area contributed by atoms with Gasteiger partial charge in [0.25, 0.3) is 0 Å². The van der Waals surface area contributed by atoms with Crippen LogP contribution in [0.5, 0.6) is 5.75 Å². The SMILES string of the molecule is CN(C)CCCC1c2ccccc2COc2ccc(C3=NC(C)(C)CO3)cc21. The first-order chi connectivity index (χ1) is 13.4. The van der Waals surface area contributed by atoms with Crippen LogP contribution >= 0.6 is 0 Å². The van der Waals surface area contributed by atoms with Gasteiger partial charge < -0.3 is 14.4 Å². The lowest BCUT2D eigenvalue weighted by Gasteiger charge is -2.21. The number of hydrogen-bond acceptors (Lipinski definition) is 4. The molecule has 2 aliphatic heterocycles. The monoisotopic (exact) mass is 378 g/mol. The minimum atomic E-state index is -0.156. The van der Waals surface area contributed by atoms with Crippen molar-refractivity contribution in [1.29, 1.82) is 0 Å². The summed E-state index contributed by atoms with van der Waals surface area (Å²) in [6.45, 7) is 6.54. The molecule has 148 valence electrons. The highest BCUT2D eigenvalue weighted by Gasteiger charge is 2.29. The lowest BCUT2D eigenvalue weighted by atomic mass is 9.84. The molecule has 0 saturated carbocycles. The van der Waals surface area contributed by atoms with Gasteiger partial charge in [-0.05, 0) is 76.7 Å². The Morgan fingerprint density at radius 3 is 2.64 bits per heavy atom. The molecule has 1 unspecified atom stereocenters. The summed E-state index contributed by atoms with van der Waals surface area (Å²) in [6.07, 6.45) is 2.23. The molecule has 4 heteroatoms. The van der Waals surface area contributed by atoms with E-state index in [1.54, 1.807) is 0 Å². The van der Waals surface area contributed by atoms with Gasteiger partial charge in [0.15, 0.2) is 0 Å². The summed E-state index contributed by atoms with van der Waals surface area (Å²) in [6, 6.07) is 15.1. The molecule has 0 aliphatic carbocycles. The molecule has 0 fully saturated rings. The zero-order chi connectivity index (χ0) is 19.7. The van der Waals surface area contributed by atoms with Crippen molar-refractivity contribution in [3.63, 3.8) is 0 Å². The van der Waals surface area contributed by atoms with Crippen LogP contribution in [-0.2, 0) is 11.3 Å². The van der Waals surface area contributed by atoms with Gasteiger partial charge >= 0.3 is 0 Å². The molecular weight excluding hydrogens is 348 g/mol. The minimum Gasteiger partial charge on any atom is -0.489 e. The first kappa shape index (κ1) is 19.0. The molecular formula is C24H30N2O2. The van der Waals surface area contributed by atoms with E-state index in [1.807, 2.05) is 0 Å². The van der Waals surface area contributed by atoms with E-state index in [2.05, 4.69) is 75.3 Å². The Hall–Kier alpha value is -2.33. The van der Waals surface area contributed by atoms with Crippen LogP contribution in [0.2, 0.25) is 0 Å². The summed E-state index contributed by atoms with van der Waals surface area (Å²) in [4.78, 5) is 7.01. The fourth-order valence-corrected chi connectivity index (χ4v) is 4.07. The summed E-state index contributed by atoms with van der Waals surface area (Å²) >= 11 is 0. The molecule has 2 aliphatic rings. The van der Waals surface area contributed by atoms with Crippen molar-refractivity contribution in [3.8, 4) is 5.75 Å². The maximum Gasteiger partial charge on any atom is 0.216 e. The molecule has 2 heterocycles. The molecule has 0 radical (unpaired) electrons. The Morgan fingerprint density at radius 2 is 1.89 bits per heavy atom. The standard InChI is InChI=1S/C24H30N2O2/c1-24(2)16-28-23(25-24)17-11-12-22-21(14-17)20(10-7-13-26(3)4)19-9-6-5-8-18(19)15-27-22/h5-6,8-9,11-12,14,20H,7,10,13,15-16H2,1-4H3. The van der Waals surface area contributed by atoms with Crippen molar-refractivity contribution in [2.75, 3.05) is 27.2 Å². The van der Waals surface area contributed by atoms with Crippen molar-refractivity contribution < 1.29 is 9.47 Å². The average Bonchev–Trinajstić information content (AvgIpc) is 2.95. The zero-order valence-electron chi connectivity index (χ0n) is 17.4. The van der Waals surface area contributed by atoms with Crippen molar-refractivity contribution in [2.45, 2.75) is 44.8 Å². The van der Waals surface area contributed by atoms with Gasteiger partial charge in [0.05, 0.1) is 5.54 Å². The second-order valence-electron chi connectivity index (χ2n) is 8.76. The Labute approximate surface area is 168 Å². The lowest BCUT2D eigenvalue weighted by molar-refractivity contribution is 0.279. The van der Waals surface area contributed by atoms with Crippen molar-refractivity contribution >= 4 is 5.90 Å². The third kappa shape index (κ3) is 3.93. The molecule has 0 amide bonds. The average molecular weight is 379 g/mol. The second-order valence-corrected chi connectivity index (χ2v) is 8.76. The number of rotatable bonds is 5. The molecule has 0 aromatic heterocycles. The summed E-state index contributed by atoms with van der Waals surface area (Å²) in [5.74, 6) is 2.05. The Balaban J connectivity index is 1.73. The van der Waals surface area contributed by atoms with E-state index in [4.69, 9.17) is 14.5 Å². The number of hydrogen-bond donors (Lipinski definition) is 0. The fraction of sp³-hybridized carbons (Fsp3) is 0.458. The summed E-state index contributed by atoms with van der Waals surface area (Å²) in [5, 5.41) is 0. The third-order valence-corrected chi connectivity index (χ3v) is 5.51. The van der Waals surface area contributed by atoms with E-state index >= 15 is 0 Å². The first-order valence-electron chi connectivity index (χ1n) is 10.2. The lowest BCUT2D eigenvalue weighted by Crippen LogP contribution is -2.17. The summed E-state index contributed by atoms with van der Waals surface area (Å²) in [7, 11) is 4.26. The predicted molar refractivity (Wildman–Crippen MR) is 113 cm³/mol. The van der Waals surface area contributed by atoms with Gasteiger partial charge in [0, 0.05) is 17.0 Å². The van der Waals surface area contributed by atoms with E-state index in [0.717, 1.165) is 36.6 Å². The molecule has 0 saturated heterocycles. The van der Waals surface area contributed by atoms with Crippen LogP contribution in [-0.4, -0.2) is 43.6 Å². The molecule has 4 nitrogen and oxygen atoms in total. The van der Waals surface area contributed by atoms with Gasteiger partial charge in [-0.2, -0.15) is 0 Å². The van der Waals surface area contributed by atoms with Crippen LogP contribution in [0.1, 0.15) is 54.9 Å². The summed E-state index contributed by atoms with van der Waals surface area (Å²) < 4.78 is 12.1. The molecule has 2 aromatic rings. The van der Waals surface area contributed by atoms with Crippen LogP contribution in [0.4, 0.5) is 0 Å². The molecule has 4 rings (SSSR count). The van der Waals surface area contributed by atoms with Gasteiger partial charge in [-0.1, -0.05) is 24.3 Å². The van der Waals surface area contributed by atoms with Gasteiger partial charge in [-0.25, -0.2) is 4.99 Å². The second kappa shape index (κ2) is 7.59. The number of aliphatic imine (C=N–C) groups is 1. The van der Waals surface area contributed by atoms with Crippen LogP contribution < -0.4 is 4.74 Å². The van der Waals surface area contributed by atoms with E-state index < -0.39 is 0 Å². The van der Waals surface area contributed by atoms with Crippen LogP contribution in [0.25, 0.3) is 0 Å². The molecule has 1 atom stereocenters. The third-order valence-electron chi connectivity index (χ3n) is 5.51. The fourth-order valence-electron chi connectivity index (χ4n) is 4.07. The molecule has 0 N–H and O–H groups in total. The maximum absolute atomic E-state index is 6.20. The molecule has 0 spiro atoms. The maximum atomic E-state index is 6.20. The van der Waals surface area contributed by atoms with E-state index in [-0.39, 0.29) is 5.54 Å². The number of nitrogens with zero attached hydrogens (tertiary/aromatic N) is 2. The number of benzene rings is 2. The van der Waals surface area contributed by atoms with E-state index in [1.165, 1.54) is 16.7 Å². The largest absolute Gasteiger partial charge is 0.489 e. The highest BCUT2D eigenvalue weighted by atomic mass is 16.5. The Bertz CT molecular complexity index is 886. The van der Waals surface area contributed by atoms with E-state index in [9.17, 15) is 0 Å². The molecule has 2 aromatic carbocycles. The van der Waals surface area contributed by atoms with Gasteiger partial charge in [0.2, 0.25) is 5.90 Å². The number of fused-ring (bicyclic) bond motifs is 2. The molecule has 0 bridgehead atoms. The summed E-state index contributed by atoms with van der Waals surface area (Å²) in [5.41, 5.74) is 4.80. The normalized spacial score (nSPS) is 19.9. The van der Waals surface area contributed by atoms with Crippen LogP contribution in [0.3, 0.4) is 0 Å². The van der Waals surface area contributed by atoms with Crippen LogP contribution in [0.15, 0.2) is 47.5 Å². The van der Waals surface area contributed by atoms with Gasteiger partial charge in [-0.3, -0.25) is 0 Å². The Kier molecular flexibility index (Phi) is 5.15. The minimum absolute atomic E-state index is 0.156. The van der Waals surface area contributed by atoms with Crippen molar-refractivity contribution in [2.24, 2.45) is 4.99 Å². The number of ether oxygens (including phenoxy) is 2. The van der Waals surface area contributed by atoms with Gasteiger partial charge in [-0.15, -0.1) is 0 Å². The highest BCUT2D eigenvalue weighted by molar-refractivity contribution is 5.96. The molecule has 28 heavy (non-hydrogen) atoms. The zero-order valence-corrected chi connectivity index (χ0v) is 17.4. The van der Waals surface area contributed by atoms with Crippen molar-refractivity contribution in [3.05, 3.63) is 64.7 Å².